The summed E-state index contributed by atoms with van der Waals surface area (Å²) >= 11 is 0. The van der Waals surface area contributed by atoms with Crippen LogP contribution in [0.2, 0.25) is 0 Å². The zero-order chi connectivity index (χ0) is 14.7. The summed E-state index contributed by atoms with van der Waals surface area (Å²) < 4.78 is 7.58. The number of ether oxygens (including phenoxy) is 1. The molecule has 0 bridgehead atoms. The molecule has 1 aliphatic rings. The third kappa shape index (κ3) is 3.10. The molecule has 4 heteroatoms. The number of hydrogen-bond acceptors (Lipinski definition) is 3. The molecule has 1 aromatic heterocycles. The van der Waals surface area contributed by atoms with Crippen LogP contribution in [0.15, 0.2) is 41.2 Å². The van der Waals surface area contributed by atoms with Gasteiger partial charge in [-0.25, -0.2) is 0 Å². The van der Waals surface area contributed by atoms with E-state index in [4.69, 9.17) is 10.5 Å². The number of aryl methyl sites for hydroxylation is 1. The largest absolute Gasteiger partial charge is 0.493 e. The summed E-state index contributed by atoms with van der Waals surface area (Å²) in [5, 5.41) is 0. The lowest BCUT2D eigenvalue weighted by Gasteiger charge is -2.12. The molecular weight excluding hydrogens is 264 g/mol. The summed E-state index contributed by atoms with van der Waals surface area (Å²) in [5.74, 6) is 0.778. The highest BCUT2D eigenvalue weighted by atomic mass is 16.5. The summed E-state index contributed by atoms with van der Waals surface area (Å²) in [6.45, 7) is 1.30. The van der Waals surface area contributed by atoms with Crippen LogP contribution in [0.3, 0.4) is 0 Å². The van der Waals surface area contributed by atoms with Crippen molar-refractivity contribution in [2.24, 2.45) is 0 Å². The lowest BCUT2D eigenvalue weighted by Crippen LogP contribution is -2.23. The van der Waals surface area contributed by atoms with Crippen molar-refractivity contribution >= 4 is 5.69 Å². The van der Waals surface area contributed by atoms with Crippen LogP contribution in [0.1, 0.15) is 24.1 Å². The third-order valence-electron chi connectivity index (χ3n) is 3.90. The summed E-state index contributed by atoms with van der Waals surface area (Å²) in [5.41, 5.74) is 9.04. The van der Waals surface area contributed by atoms with Crippen LogP contribution < -0.4 is 16.0 Å². The molecule has 21 heavy (non-hydrogen) atoms. The first-order valence-electron chi connectivity index (χ1n) is 7.44. The van der Waals surface area contributed by atoms with Gasteiger partial charge < -0.3 is 15.0 Å². The SMILES string of the molecule is Nc1cccc(OCCCn2c3c(ccc2=O)CCC3)c1. The number of nitrogens with two attached hydrogens (primary N) is 1. The number of benzene rings is 1. The fraction of sp³-hybridized carbons (Fsp3) is 0.353. The maximum absolute atomic E-state index is 12.0. The Kier molecular flexibility index (Phi) is 3.95. The van der Waals surface area contributed by atoms with Gasteiger partial charge in [0, 0.05) is 30.1 Å². The van der Waals surface area contributed by atoms with Crippen molar-refractivity contribution in [2.75, 3.05) is 12.3 Å². The molecule has 1 heterocycles. The van der Waals surface area contributed by atoms with E-state index in [9.17, 15) is 4.79 Å². The fourth-order valence-electron chi connectivity index (χ4n) is 2.90. The third-order valence-corrected chi connectivity index (χ3v) is 3.90. The number of nitrogen functional groups attached to an aromatic ring is 1. The number of hydrogen-bond donors (Lipinski definition) is 1. The molecule has 110 valence electrons. The molecular formula is C17H20N2O2. The molecule has 0 saturated carbocycles. The molecule has 3 rings (SSSR count). The van der Waals surface area contributed by atoms with E-state index >= 15 is 0 Å². The van der Waals surface area contributed by atoms with Gasteiger partial charge in [0.15, 0.2) is 0 Å². The van der Waals surface area contributed by atoms with E-state index in [0.717, 1.165) is 31.4 Å². The van der Waals surface area contributed by atoms with Gasteiger partial charge >= 0.3 is 0 Å². The zero-order valence-corrected chi connectivity index (χ0v) is 12.0. The molecule has 0 atom stereocenters. The summed E-state index contributed by atoms with van der Waals surface area (Å²) in [4.78, 5) is 12.0. The van der Waals surface area contributed by atoms with Crippen molar-refractivity contribution in [3.05, 3.63) is 58.0 Å². The van der Waals surface area contributed by atoms with Crippen LogP contribution in [-0.2, 0) is 19.4 Å². The summed E-state index contributed by atoms with van der Waals surface area (Å²) in [7, 11) is 0. The lowest BCUT2D eigenvalue weighted by atomic mass is 10.2. The Balaban J connectivity index is 1.59. The van der Waals surface area contributed by atoms with E-state index in [2.05, 4.69) is 0 Å². The molecule has 4 nitrogen and oxygen atoms in total. The van der Waals surface area contributed by atoms with E-state index in [-0.39, 0.29) is 5.56 Å². The highest BCUT2D eigenvalue weighted by Crippen LogP contribution is 2.20. The Morgan fingerprint density at radius 3 is 2.95 bits per heavy atom. The highest BCUT2D eigenvalue weighted by Gasteiger charge is 2.15. The second-order valence-electron chi connectivity index (χ2n) is 5.42. The van der Waals surface area contributed by atoms with Crippen molar-refractivity contribution in [1.82, 2.24) is 4.57 Å². The lowest BCUT2D eigenvalue weighted by molar-refractivity contribution is 0.300. The molecule has 1 aliphatic carbocycles. The van der Waals surface area contributed by atoms with Crippen molar-refractivity contribution < 1.29 is 4.74 Å². The van der Waals surface area contributed by atoms with Crippen molar-refractivity contribution in [1.29, 1.82) is 0 Å². The van der Waals surface area contributed by atoms with Gasteiger partial charge in [-0.05, 0) is 43.4 Å². The normalized spacial score (nSPS) is 13.1. The Labute approximate surface area is 124 Å². The van der Waals surface area contributed by atoms with Gasteiger partial charge in [-0.3, -0.25) is 4.79 Å². The Morgan fingerprint density at radius 2 is 2.10 bits per heavy atom. The number of pyridine rings is 1. The number of rotatable bonds is 5. The summed E-state index contributed by atoms with van der Waals surface area (Å²) in [6.07, 6.45) is 4.07. The minimum absolute atomic E-state index is 0.0969. The van der Waals surface area contributed by atoms with Gasteiger partial charge in [0.2, 0.25) is 0 Å². The Bertz CT molecular complexity index is 691. The minimum Gasteiger partial charge on any atom is -0.493 e. The van der Waals surface area contributed by atoms with Crippen LogP contribution in [-0.4, -0.2) is 11.2 Å². The van der Waals surface area contributed by atoms with E-state index in [0.29, 0.717) is 18.8 Å². The zero-order valence-electron chi connectivity index (χ0n) is 12.0. The maximum Gasteiger partial charge on any atom is 0.250 e. The van der Waals surface area contributed by atoms with Crippen LogP contribution in [0.25, 0.3) is 0 Å². The van der Waals surface area contributed by atoms with Crippen molar-refractivity contribution in [3.63, 3.8) is 0 Å². The van der Waals surface area contributed by atoms with Crippen LogP contribution >= 0.6 is 0 Å². The Hall–Kier alpha value is -2.23. The number of aromatic nitrogens is 1. The van der Waals surface area contributed by atoms with Crippen molar-refractivity contribution in [2.45, 2.75) is 32.2 Å². The predicted octanol–water partition coefficient (Wildman–Crippen LogP) is 2.39. The first-order valence-corrected chi connectivity index (χ1v) is 7.44. The first-order chi connectivity index (χ1) is 10.2. The predicted molar refractivity (Wildman–Crippen MR) is 83.7 cm³/mol. The van der Waals surface area contributed by atoms with Crippen LogP contribution in [0.5, 0.6) is 5.75 Å². The van der Waals surface area contributed by atoms with Gasteiger partial charge in [-0.2, -0.15) is 0 Å². The molecule has 0 radical (unpaired) electrons. The molecule has 0 spiro atoms. The monoisotopic (exact) mass is 284 g/mol. The van der Waals surface area contributed by atoms with Gasteiger partial charge in [-0.15, -0.1) is 0 Å². The van der Waals surface area contributed by atoms with E-state index in [1.54, 1.807) is 6.07 Å². The molecule has 0 fully saturated rings. The standard InChI is InChI=1S/C17H20N2O2/c18-14-5-2-6-15(12-14)21-11-3-10-19-16-7-1-4-13(16)8-9-17(19)20/h2,5-6,8-9,12H,1,3-4,7,10-11,18H2. The van der Waals surface area contributed by atoms with E-state index in [1.807, 2.05) is 34.9 Å². The second-order valence-corrected chi connectivity index (χ2v) is 5.42. The molecule has 1 aromatic carbocycles. The number of nitrogens with zero attached hydrogens (tertiary/aromatic N) is 1. The molecule has 2 aromatic rings. The number of anilines is 1. The van der Waals surface area contributed by atoms with E-state index < -0.39 is 0 Å². The first kappa shape index (κ1) is 13.7. The van der Waals surface area contributed by atoms with Gasteiger partial charge in [0.1, 0.15) is 5.75 Å². The smallest absolute Gasteiger partial charge is 0.250 e. The Morgan fingerprint density at radius 1 is 1.19 bits per heavy atom. The number of fused-ring (bicyclic) bond motifs is 1. The molecule has 0 aliphatic heterocycles. The molecule has 0 saturated heterocycles. The average Bonchev–Trinajstić information content (AvgIpc) is 2.94. The highest BCUT2D eigenvalue weighted by molar-refractivity contribution is 5.43. The van der Waals surface area contributed by atoms with Gasteiger partial charge in [0.25, 0.3) is 5.56 Å². The average molecular weight is 284 g/mol. The van der Waals surface area contributed by atoms with Crippen LogP contribution in [0.4, 0.5) is 5.69 Å². The molecule has 0 amide bonds. The van der Waals surface area contributed by atoms with E-state index in [1.165, 1.54) is 11.3 Å². The second kappa shape index (κ2) is 6.04. The van der Waals surface area contributed by atoms with Gasteiger partial charge in [0.05, 0.1) is 6.61 Å². The van der Waals surface area contributed by atoms with Crippen molar-refractivity contribution in [3.8, 4) is 5.75 Å². The quantitative estimate of drug-likeness (QED) is 0.677. The topological polar surface area (TPSA) is 57.2 Å². The van der Waals surface area contributed by atoms with Gasteiger partial charge in [-0.1, -0.05) is 12.1 Å². The minimum atomic E-state index is 0.0969. The van der Waals surface area contributed by atoms with Crippen LogP contribution in [0, 0.1) is 0 Å². The summed E-state index contributed by atoms with van der Waals surface area (Å²) in [6, 6.07) is 11.1. The molecule has 2 N–H and O–H groups in total. The maximum atomic E-state index is 12.0. The fourth-order valence-corrected chi connectivity index (χ4v) is 2.90. The molecule has 0 unspecified atom stereocenters.